The molecule has 0 bridgehead atoms. The zero-order chi connectivity index (χ0) is 17.2. The SMILES string of the molecule is CCOC(=O)C(N)[C@]1(c2ccc(F)cn2)CCOC2(CCCC2)C1. The number of halogens is 1. The van der Waals surface area contributed by atoms with E-state index in [0.29, 0.717) is 25.1 Å². The second-order valence-electron chi connectivity index (χ2n) is 6.91. The maximum absolute atomic E-state index is 13.3. The second kappa shape index (κ2) is 6.76. The number of rotatable bonds is 4. The molecule has 5 nitrogen and oxygen atoms in total. The first-order valence-electron chi connectivity index (χ1n) is 8.70. The Balaban J connectivity index is 2.00. The summed E-state index contributed by atoms with van der Waals surface area (Å²) < 4.78 is 24.6. The first kappa shape index (κ1) is 17.3. The molecule has 24 heavy (non-hydrogen) atoms. The van der Waals surface area contributed by atoms with Crippen LogP contribution >= 0.6 is 0 Å². The molecule has 1 aromatic heterocycles. The molecular formula is C18H25FN2O3. The van der Waals surface area contributed by atoms with Gasteiger partial charge in [-0.25, -0.2) is 4.39 Å². The molecular weight excluding hydrogens is 311 g/mol. The predicted octanol–water partition coefficient (Wildman–Crippen LogP) is 2.47. The van der Waals surface area contributed by atoms with Gasteiger partial charge in [-0.05, 0) is 44.7 Å². The summed E-state index contributed by atoms with van der Waals surface area (Å²) in [7, 11) is 0. The first-order chi connectivity index (χ1) is 11.5. The van der Waals surface area contributed by atoms with Crippen molar-refractivity contribution in [1.29, 1.82) is 0 Å². The lowest BCUT2D eigenvalue weighted by Crippen LogP contribution is -2.58. The fourth-order valence-electron chi connectivity index (χ4n) is 4.28. The van der Waals surface area contributed by atoms with E-state index in [9.17, 15) is 9.18 Å². The summed E-state index contributed by atoms with van der Waals surface area (Å²) in [5.41, 5.74) is 6.09. The van der Waals surface area contributed by atoms with E-state index in [-0.39, 0.29) is 12.2 Å². The third-order valence-corrected chi connectivity index (χ3v) is 5.48. The molecule has 1 unspecified atom stereocenters. The van der Waals surface area contributed by atoms with Crippen LogP contribution in [0.25, 0.3) is 0 Å². The standard InChI is InChI=1S/C18H25FN2O3/c1-2-23-16(22)15(20)18(14-6-5-13(19)11-21-14)9-10-24-17(12-18)7-3-4-8-17/h5-6,11,15H,2-4,7-10,12,20H2,1H3/t15?,18-/m1/s1. The normalized spacial score (nSPS) is 27.1. The highest BCUT2D eigenvalue weighted by atomic mass is 19.1. The zero-order valence-electron chi connectivity index (χ0n) is 14.1. The van der Waals surface area contributed by atoms with Gasteiger partial charge in [0.15, 0.2) is 0 Å². The van der Waals surface area contributed by atoms with E-state index in [1.54, 1.807) is 13.0 Å². The molecule has 132 valence electrons. The monoisotopic (exact) mass is 336 g/mol. The molecule has 2 aliphatic rings. The fraction of sp³-hybridized carbons (Fsp3) is 0.667. The average Bonchev–Trinajstić information content (AvgIpc) is 3.02. The van der Waals surface area contributed by atoms with Crippen LogP contribution in [0.2, 0.25) is 0 Å². The summed E-state index contributed by atoms with van der Waals surface area (Å²) in [4.78, 5) is 16.7. The van der Waals surface area contributed by atoms with Gasteiger partial charge in [-0.3, -0.25) is 9.78 Å². The first-order valence-corrected chi connectivity index (χ1v) is 8.70. The molecule has 1 saturated heterocycles. The summed E-state index contributed by atoms with van der Waals surface area (Å²) in [6, 6.07) is 2.18. The topological polar surface area (TPSA) is 74.4 Å². The van der Waals surface area contributed by atoms with Gasteiger partial charge in [-0.15, -0.1) is 0 Å². The van der Waals surface area contributed by atoms with Gasteiger partial charge in [0, 0.05) is 17.7 Å². The largest absolute Gasteiger partial charge is 0.465 e. The van der Waals surface area contributed by atoms with E-state index >= 15 is 0 Å². The molecule has 6 heteroatoms. The van der Waals surface area contributed by atoms with Crippen molar-refractivity contribution in [2.45, 2.75) is 62.5 Å². The average molecular weight is 336 g/mol. The third-order valence-electron chi connectivity index (χ3n) is 5.48. The van der Waals surface area contributed by atoms with Crippen LogP contribution in [0.5, 0.6) is 0 Å². The quantitative estimate of drug-likeness (QED) is 0.855. The Morgan fingerprint density at radius 3 is 2.79 bits per heavy atom. The van der Waals surface area contributed by atoms with Crippen molar-refractivity contribution in [3.05, 3.63) is 29.8 Å². The lowest BCUT2D eigenvalue weighted by Gasteiger charge is -2.48. The zero-order valence-corrected chi connectivity index (χ0v) is 14.1. The highest BCUT2D eigenvalue weighted by molar-refractivity contribution is 5.78. The van der Waals surface area contributed by atoms with Crippen molar-refractivity contribution in [2.75, 3.05) is 13.2 Å². The van der Waals surface area contributed by atoms with Gasteiger partial charge in [0.25, 0.3) is 0 Å². The minimum Gasteiger partial charge on any atom is -0.465 e. The molecule has 1 aromatic rings. The Labute approximate surface area is 141 Å². The Hall–Kier alpha value is -1.53. The highest BCUT2D eigenvalue weighted by Gasteiger charge is 2.53. The number of ether oxygens (including phenoxy) is 2. The maximum atomic E-state index is 13.3. The summed E-state index contributed by atoms with van der Waals surface area (Å²) in [5.74, 6) is -0.833. The molecule has 2 heterocycles. The summed E-state index contributed by atoms with van der Waals surface area (Å²) in [6.45, 7) is 2.56. The van der Waals surface area contributed by atoms with E-state index in [1.807, 2.05) is 0 Å². The summed E-state index contributed by atoms with van der Waals surface area (Å²) in [6.07, 6.45) is 6.54. The second-order valence-corrected chi connectivity index (χ2v) is 6.91. The molecule has 1 aliphatic heterocycles. The molecule has 2 fully saturated rings. The molecule has 1 spiro atoms. The van der Waals surface area contributed by atoms with E-state index < -0.39 is 23.2 Å². The van der Waals surface area contributed by atoms with Crippen molar-refractivity contribution >= 4 is 5.97 Å². The van der Waals surface area contributed by atoms with Crippen LogP contribution in [0.4, 0.5) is 4.39 Å². The molecule has 1 saturated carbocycles. The Morgan fingerprint density at radius 1 is 1.42 bits per heavy atom. The van der Waals surface area contributed by atoms with Gasteiger partial charge < -0.3 is 15.2 Å². The Bertz CT molecular complexity index is 586. The van der Waals surface area contributed by atoms with Gasteiger partial charge in [0.05, 0.1) is 18.4 Å². The van der Waals surface area contributed by atoms with Gasteiger partial charge in [0.2, 0.25) is 0 Å². The number of aromatic nitrogens is 1. The van der Waals surface area contributed by atoms with E-state index in [1.165, 1.54) is 12.3 Å². The number of nitrogens with zero attached hydrogens (tertiary/aromatic N) is 1. The fourth-order valence-corrected chi connectivity index (χ4v) is 4.28. The molecule has 0 aromatic carbocycles. The molecule has 0 radical (unpaired) electrons. The molecule has 1 aliphatic carbocycles. The number of carbonyl (C=O) groups is 1. The number of carbonyl (C=O) groups excluding carboxylic acids is 1. The van der Waals surface area contributed by atoms with Crippen LogP contribution in [-0.2, 0) is 19.7 Å². The minimum atomic E-state index is -0.836. The Kier molecular flexibility index (Phi) is 4.88. The van der Waals surface area contributed by atoms with E-state index in [2.05, 4.69) is 4.98 Å². The number of nitrogens with two attached hydrogens (primary N) is 1. The highest BCUT2D eigenvalue weighted by Crippen LogP contribution is 2.49. The van der Waals surface area contributed by atoms with Crippen molar-refractivity contribution in [3.8, 4) is 0 Å². The van der Waals surface area contributed by atoms with Crippen LogP contribution in [0, 0.1) is 5.82 Å². The van der Waals surface area contributed by atoms with Crippen LogP contribution in [-0.4, -0.2) is 35.8 Å². The number of esters is 1. The number of hydrogen-bond donors (Lipinski definition) is 1. The van der Waals surface area contributed by atoms with Crippen LogP contribution in [0.15, 0.2) is 18.3 Å². The number of pyridine rings is 1. The smallest absolute Gasteiger partial charge is 0.323 e. The molecule has 2 atom stereocenters. The lowest BCUT2D eigenvalue weighted by molar-refractivity contribution is -0.152. The Morgan fingerprint density at radius 2 is 2.17 bits per heavy atom. The molecule has 2 N–H and O–H groups in total. The van der Waals surface area contributed by atoms with Crippen molar-refractivity contribution in [1.82, 2.24) is 4.98 Å². The third kappa shape index (κ3) is 3.05. The van der Waals surface area contributed by atoms with Crippen molar-refractivity contribution < 1.29 is 18.7 Å². The van der Waals surface area contributed by atoms with Crippen molar-refractivity contribution in [2.24, 2.45) is 5.73 Å². The number of hydrogen-bond acceptors (Lipinski definition) is 5. The van der Waals surface area contributed by atoms with Crippen molar-refractivity contribution in [3.63, 3.8) is 0 Å². The van der Waals surface area contributed by atoms with Crippen LogP contribution in [0.3, 0.4) is 0 Å². The maximum Gasteiger partial charge on any atom is 0.323 e. The van der Waals surface area contributed by atoms with E-state index in [4.69, 9.17) is 15.2 Å². The van der Waals surface area contributed by atoms with Gasteiger partial charge in [0.1, 0.15) is 11.9 Å². The summed E-state index contributed by atoms with van der Waals surface area (Å²) >= 11 is 0. The molecule has 0 amide bonds. The van der Waals surface area contributed by atoms with E-state index in [0.717, 1.165) is 25.7 Å². The molecule has 3 rings (SSSR count). The van der Waals surface area contributed by atoms with Gasteiger partial charge >= 0.3 is 5.97 Å². The van der Waals surface area contributed by atoms with Crippen LogP contribution < -0.4 is 5.73 Å². The van der Waals surface area contributed by atoms with Crippen LogP contribution in [0.1, 0.15) is 51.1 Å². The van der Waals surface area contributed by atoms with Gasteiger partial charge in [-0.1, -0.05) is 12.8 Å². The lowest BCUT2D eigenvalue weighted by atomic mass is 9.65. The minimum absolute atomic E-state index is 0.252. The van der Waals surface area contributed by atoms with Gasteiger partial charge in [-0.2, -0.15) is 0 Å². The summed E-state index contributed by atoms with van der Waals surface area (Å²) in [5, 5.41) is 0. The predicted molar refractivity (Wildman–Crippen MR) is 86.9 cm³/mol.